The normalized spacial score (nSPS) is 19.9. The Kier molecular flexibility index (Phi) is 4.63. The third-order valence-electron chi connectivity index (χ3n) is 5.44. The minimum absolute atomic E-state index is 0.130. The summed E-state index contributed by atoms with van der Waals surface area (Å²) in [6.07, 6.45) is 3.54. The van der Waals surface area contributed by atoms with Gasteiger partial charge in [0, 0.05) is 44.4 Å². The largest absolute Gasteiger partial charge is 0.449 e. The number of carbonyl (C=O) groups excluding carboxylic acids is 2. The van der Waals surface area contributed by atoms with Crippen LogP contribution in [0.3, 0.4) is 0 Å². The Labute approximate surface area is 152 Å². The highest BCUT2D eigenvalue weighted by atomic mass is 16.3. The van der Waals surface area contributed by atoms with Crippen LogP contribution >= 0.6 is 0 Å². The number of aromatic nitrogens is 1. The Morgan fingerprint density at radius 1 is 1.08 bits per heavy atom. The number of amides is 2. The Morgan fingerprint density at radius 3 is 2.46 bits per heavy atom. The SMILES string of the molecule is CN1CCC(C(=O)N2CCN(C(=O)c3cc4ncccc4o3)CC2)CC1. The lowest BCUT2D eigenvalue weighted by atomic mass is 9.95. The van der Waals surface area contributed by atoms with Crippen LogP contribution < -0.4 is 0 Å². The third-order valence-corrected chi connectivity index (χ3v) is 5.44. The highest BCUT2D eigenvalue weighted by Crippen LogP contribution is 2.21. The lowest BCUT2D eigenvalue weighted by molar-refractivity contribution is -0.138. The zero-order chi connectivity index (χ0) is 18.1. The molecule has 2 aromatic rings. The summed E-state index contributed by atoms with van der Waals surface area (Å²) >= 11 is 0. The van der Waals surface area contributed by atoms with Crippen LogP contribution in [0, 0.1) is 5.92 Å². The van der Waals surface area contributed by atoms with Crippen LogP contribution in [0.5, 0.6) is 0 Å². The number of piperazine rings is 1. The number of carbonyl (C=O) groups is 2. The van der Waals surface area contributed by atoms with Gasteiger partial charge in [0.2, 0.25) is 5.91 Å². The van der Waals surface area contributed by atoms with Crippen LogP contribution in [0.1, 0.15) is 23.4 Å². The summed E-state index contributed by atoms with van der Waals surface area (Å²) in [6.45, 7) is 4.23. The van der Waals surface area contributed by atoms with Gasteiger partial charge in [0.15, 0.2) is 11.3 Å². The minimum atomic E-state index is -0.130. The highest BCUT2D eigenvalue weighted by molar-refractivity contribution is 5.95. The van der Waals surface area contributed by atoms with Gasteiger partial charge < -0.3 is 19.1 Å². The lowest BCUT2D eigenvalue weighted by Gasteiger charge is -2.37. The topological polar surface area (TPSA) is 69.9 Å². The van der Waals surface area contributed by atoms with Gasteiger partial charge in [-0.3, -0.25) is 14.6 Å². The molecule has 7 nitrogen and oxygen atoms in total. The number of nitrogens with zero attached hydrogens (tertiary/aromatic N) is 4. The van der Waals surface area contributed by atoms with E-state index in [-0.39, 0.29) is 17.7 Å². The Morgan fingerprint density at radius 2 is 1.77 bits per heavy atom. The molecule has 0 atom stereocenters. The summed E-state index contributed by atoms with van der Waals surface area (Å²) in [5.74, 6) is 0.566. The standard InChI is InChI=1S/C19H24N4O3/c1-21-7-4-14(5-8-21)18(24)22-9-11-23(12-10-22)19(25)17-13-15-16(26-17)3-2-6-20-15/h2-3,6,13-14H,4-5,7-12H2,1H3. The summed E-state index contributed by atoms with van der Waals surface area (Å²) < 4.78 is 5.62. The summed E-state index contributed by atoms with van der Waals surface area (Å²) in [5.41, 5.74) is 1.30. The molecule has 2 saturated heterocycles. The molecule has 0 aliphatic carbocycles. The lowest BCUT2D eigenvalue weighted by Crippen LogP contribution is -2.52. The molecule has 0 spiro atoms. The number of fused-ring (bicyclic) bond motifs is 1. The molecule has 2 aromatic heterocycles. The smallest absolute Gasteiger partial charge is 0.289 e. The molecule has 0 aromatic carbocycles. The zero-order valence-corrected chi connectivity index (χ0v) is 15.1. The first-order valence-corrected chi connectivity index (χ1v) is 9.23. The van der Waals surface area contributed by atoms with Crippen LogP contribution in [0.25, 0.3) is 11.1 Å². The number of furan rings is 1. The molecular weight excluding hydrogens is 332 g/mol. The number of piperidine rings is 1. The fraction of sp³-hybridized carbons (Fsp3) is 0.526. The quantitative estimate of drug-likeness (QED) is 0.815. The molecule has 4 heterocycles. The zero-order valence-electron chi connectivity index (χ0n) is 15.1. The maximum Gasteiger partial charge on any atom is 0.289 e. The number of hydrogen-bond acceptors (Lipinski definition) is 5. The first-order chi connectivity index (χ1) is 12.6. The Bertz CT molecular complexity index is 769. The van der Waals surface area contributed by atoms with E-state index in [0.29, 0.717) is 43.0 Å². The van der Waals surface area contributed by atoms with E-state index in [2.05, 4.69) is 16.9 Å². The number of hydrogen-bond donors (Lipinski definition) is 0. The molecule has 0 bridgehead atoms. The van der Waals surface area contributed by atoms with Crippen molar-refractivity contribution in [3.63, 3.8) is 0 Å². The van der Waals surface area contributed by atoms with Crippen molar-refractivity contribution in [2.75, 3.05) is 46.3 Å². The molecular formula is C19H24N4O3. The molecule has 138 valence electrons. The molecule has 2 aliphatic rings. The molecule has 0 saturated carbocycles. The van der Waals surface area contributed by atoms with Gasteiger partial charge in [-0.1, -0.05) is 0 Å². The predicted octanol–water partition coefficient (Wildman–Crippen LogP) is 1.45. The second-order valence-corrected chi connectivity index (χ2v) is 7.19. The van der Waals surface area contributed by atoms with E-state index >= 15 is 0 Å². The van der Waals surface area contributed by atoms with Gasteiger partial charge in [-0.15, -0.1) is 0 Å². The maximum atomic E-state index is 12.7. The molecule has 4 rings (SSSR count). The van der Waals surface area contributed by atoms with Gasteiger partial charge in [-0.25, -0.2) is 0 Å². The van der Waals surface area contributed by atoms with Gasteiger partial charge in [0.05, 0.1) is 0 Å². The molecule has 7 heteroatoms. The van der Waals surface area contributed by atoms with Gasteiger partial charge in [-0.2, -0.15) is 0 Å². The van der Waals surface area contributed by atoms with Gasteiger partial charge >= 0.3 is 0 Å². The number of rotatable bonds is 2. The van der Waals surface area contributed by atoms with Gasteiger partial charge in [0.25, 0.3) is 5.91 Å². The van der Waals surface area contributed by atoms with Crippen LogP contribution in [-0.4, -0.2) is 77.8 Å². The number of likely N-dealkylation sites (tertiary alicyclic amines) is 1. The van der Waals surface area contributed by atoms with E-state index in [9.17, 15) is 9.59 Å². The molecule has 0 N–H and O–H groups in total. The van der Waals surface area contributed by atoms with Crippen LogP contribution in [0.15, 0.2) is 28.8 Å². The molecule has 26 heavy (non-hydrogen) atoms. The van der Waals surface area contributed by atoms with E-state index in [0.717, 1.165) is 25.9 Å². The van der Waals surface area contributed by atoms with Gasteiger partial charge in [0.1, 0.15) is 5.52 Å². The van der Waals surface area contributed by atoms with Crippen molar-refractivity contribution >= 4 is 22.9 Å². The van der Waals surface area contributed by atoms with E-state index in [1.807, 2.05) is 4.90 Å². The fourth-order valence-corrected chi connectivity index (χ4v) is 3.77. The van der Waals surface area contributed by atoms with Crippen molar-refractivity contribution in [2.24, 2.45) is 5.92 Å². The Hall–Kier alpha value is -2.41. The van der Waals surface area contributed by atoms with Crippen molar-refractivity contribution < 1.29 is 14.0 Å². The van der Waals surface area contributed by atoms with Crippen molar-refractivity contribution in [3.8, 4) is 0 Å². The Balaban J connectivity index is 1.35. The monoisotopic (exact) mass is 356 g/mol. The van der Waals surface area contributed by atoms with Crippen molar-refractivity contribution in [2.45, 2.75) is 12.8 Å². The molecule has 0 unspecified atom stereocenters. The van der Waals surface area contributed by atoms with E-state index in [1.54, 1.807) is 29.3 Å². The average Bonchev–Trinajstić information content (AvgIpc) is 3.12. The van der Waals surface area contributed by atoms with E-state index in [4.69, 9.17) is 4.42 Å². The van der Waals surface area contributed by atoms with E-state index in [1.165, 1.54) is 0 Å². The van der Waals surface area contributed by atoms with Crippen molar-refractivity contribution in [3.05, 3.63) is 30.2 Å². The first-order valence-electron chi connectivity index (χ1n) is 9.23. The molecule has 2 fully saturated rings. The van der Waals surface area contributed by atoms with Crippen molar-refractivity contribution in [1.82, 2.24) is 19.7 Å². The van der Waals surface area contributed by atoms with Gasteiger partial charge in [-0.05, 0) is 45.1 Å². The van der Waals surface area contributed by atoms with E-state index < -0.39 is 0 Å². The van der Waals surface area contributed by atoms with Crippen LogP contribution in [0.4, 0.5) is 0 Å². The molecule has 2 amide bonds. The first kappa shape index (κ1) is 17.0. The fourth-order valence-electron chi connectivity index (χ4n) is 3.77. The van der Waals surface area contributed by atoms with Crippen molar-refractivity contribution in [1.29, 1.82) is 0 Å². The maximum absolute atomic E-state index is 12.7. The summed E-state index contributed by atoms with van der Waals surface area (Å²) in [6, 6.07) is 5.28. The molecule has 0 radical (unpaired) electrons. The van der Waals surface area contributed by atoms with Crippen LogP contribution in [-0.2, 0) is 4.79 Å². The summed E-state index contributed by atoms with van der Waals surface area (Å²) in [7, 11) is 2.10. The third kappa shape index (κ3) is 3.31. The second-order valence-electron chi connectivity index (χ2n) is 7.19. The second kappa shape index (κ2) is 7.07. The molecule has 2 aliphatic heterocycles. The van der Waals surface area contributed by atoms with Crippen LogP contribution in [0.2, 0.25) is 0 Å². The average molecular weight is 356 g/mol. The highest BCUT2D eigenvalue weighted by Gasteiger charge is 2.31. The summed E-state index contributed by atoms with van der Waals surface area (Å²) in [4.78, 5) is 35.5. The predicted molar refractivity (Wildman–Crippen MR) is 96.7 cm³/mol. The minimum Gasteiger partial charge on any atom is -0.449 e. The summed E-state index contributed by atoms with van der Waals surface area (Å²) in [5, 5.41) is 0. The number of pyridine rings is 1.